The maximum Gasteiger partial charge on any atom is 0.318 e. The highest BCUT2D eigenvalue weighted by Gasteiger charge is 2.21. The summed E-state index contributed by atoms with van der Waals surface area (Å²) in [7, 11) is 0. The number of pyridine rings is 1. The molecule has 1 N–H and O–H groups in total. The van der Waals surface area contributed by atoms with Crippen molar-refractivity contribution in [3.8, 4) is 0 Å². The summed E-state index contributed by atoms with van der Waals surface area (Å²) < 4.78 is 5.71. The molecule has 1 aliphatic rings. The van der Waals surface area contributed by atoms with Gasteiger partial charge in [-0.1, -0.05) is 5.10 Å². The van der Waals surface area contributed by atoms with Crippen molar-refractivity contribution in [1.29, 1.82) is 0 Å². The van der Waals surface area contributed by atoms with Crippen LogP contribution in [0.3, 0.4) is 0 Å². The molecule has 2 aromatic rings. The fraction of sp³-hybridized carbons (Fsp3) is 0.500. The standard InChI is InChI=1S/C14H19N5O/c1-2-19(10-11-5-7-15-8-6-11)14-18-17-13(20-14)9-16-12-3-4-12/h5-8,12,16H,2-4,9-10H2,1H3. The van der Waals surface area contributed by atoms with E-state index in [1.165, 1.54) is 18.4 Å². The Kier molecular flexibility index (Phi) is 3.92. The molecule has 0 unspecified atom stereocenters. The minimum Gasteiger partial charge on any atom is -0.407 e. The first-order valence-electron chi connectivity index (χ1n) is 7.04. The van der Waals surface area contributed by atoms with Crippen LogP contribution in [0.15, 0.2) is 28.9 Å². The van der Waals surface area contributed by atoms with Gasteiger partial charge in [-0.3, -0.25) is 4.98 Å². The monoisotopic (exact) mass is 273 g/mol. The summed E-state index contributed by atoms with van der Waals surface area (Å²) in [5, 5.41) is 11.6. The number of rotatable bonds is 7. The van der Waals surface area contributed by atoms with E-state index < -0.39 is 0 Å². The number of aromatic nitrogens is 3. The summed E-state index contributed by atoms with van der Waals surface area (Å²) >= 11 is 0. The van der Waals surface area contributed by atoms with Gasteiger partial charge in [-0.2, -0.15) is 0 Å². The highest BCUT2D eigenvalue weighted by Crippen LogP contribution is 2.20. The van der Waals surface area contributed by atoms with Crippen LogP contribution in [0.25, 0.3) is 0 Å². The van der Waals surface area contributed by atoms with Crippen molar-refractivity contribution in [2.45, 2.75) is 38.9 Å². The maximum absolute atomic E-state index is 5.71. The molecule has 0 atom stereocenters. The lowest BCUT2D eigenvalue weighted by Crippen LogP contribution is -2.22. The normalized spacial score (nSPS) is 14.4. The molecule has 6 heteroatoms. The van der Waals surface area contributed by atoms with Crippen LogP contribution in [-0.4, -0.2) is 27.8 Å². The fourth-order valence-electron chi connectivity index (χ4n) is 1.99. The Balaban J connectivity index is 1.62. The van der Waals surface area contributed by atoms with Crippen molar-refractivity contribution >= 4 is 6.01 Å². The molecule has 1 aliphatic carbocycles. The summed E-state index contributed by atoms with van der Waals surface area (Å²) in [6.45, 7) is 4.30. The largest absolute Gasteiger partial charge is 0.407 e. The van der Waals surface area contributed by atoms with Gasteiger partial charge in [0.1, 0.15) is 0 Å². The van der Waals surface area contributed by atoms with E-state index in [-0.39, 0.29) is 0 Å². The Bertz CT molecular complexity index is 538. The number of anilines is 1. The zero-order valence-corrected chi connectivity index (χ0v) is 11.6. The molecule has 2 aromatic heterocycles. The Labute approximate surface area is 118 Å². The summed E-state index contributed by atoms with van der Waals surface area (Å²) in [5.41, 5.74) is 1.18. The highest BCUT2D eigenvalue weighted by molar-refractivity contribution is 5.27. The van der Waals surface area contributed by atoms with Gasteiger partial charge < -0.3 is 14.6 Å². The predicted octanol–water partition coefficient (Wildman–Crippen LogP) is 1.74. The van der Waals surface area contributed by atoms with Crippen LogP contribution in [0.2, 0.25) is 0 Å². The molecule has 0 radical (unpaired) electrons. The summed E-state index contributed by atoms with van der Waals surface area (Å²) in [6, 6.07) is 5.21. The second-order valence-corrected chi connectivity index (χ2v) is 5.00. The molecule has 0 aliphatic heterocycles. The first kappa shape index (κ1) is 13.1. The van der Waals surface area contributed by atoms with Gasteiger partial charge in [-0.05, 0) is 37.5 Å². The van der Waals surface area contributed by atoms with Gasteiger partial charge in [0.15, 0.2) is 0 Å². The molecule has 0 bridgehead atoms. The predicted molar refractivity (Wildman–Crippen MR) is 75.1 cm³/mol. The first-order chi connectivity index (χ1) is 9.85. The van der Waals surface area contributed by atoms with Crippen LogP contribution in [0.4, 0.5) is 6.01 Å². The van der Waals surface area contributed by atoms with E-state index in [0.717, 1.165) is 13.1 Å². The minimum absolute atomic E-state index is 0.580. The van der Waals surface area contributed by atoms with Crippen molar-refractivity contribution in [3.05, 3.63) is 36.0 Å². The lowest BCUT2D eigenvalue weighted by atomic mass is 10.2. The molecule has 6 nitrogen and oxygen atoms in total. The van der Waals surface area contributed by atoms with Crippen LogP contribution >= 0.6 is 0 Å². The smallest absolute Gasteiger partial charge is 0.318 e. The van der Waals surface area contributed by atoms with Gasteiger partial charge in [-0.25, -0.2) is 0 Å². The van der Waals surface area contributed by atoms with Crippen LogP contribution in [0.1, 0.15) is 31.2 Å². The molecule has 0 spiro atoms. The molecule has 0 aromatic carbocycles. The van der Waals surface area contributed by atoms with Crippen molar-refractivity contribution < 1.29 is 4.42 Å². The number of nitrogens with one attached hydrogen (secondary N) is 1. The zero-order chi connectivity index (χ0) is 13.8. The van der Waals surface area contributed by atoms with E-state index in [1.54, 1.807) is 12.4 Å². The molecule has 1 saturated carbocycles. The Hall–Kier alpha value is -1.95. The van der Waals surface area contributed by atoms with Crippen LogP contribution in [0, 0.1) is 0 Å². The Morgan fingerprint density at radius 2 is 2.10 bits per heavy atom. The van der Waals surface area contributed by atoms with Crippen LogP contribution in [-0.2, 0) is 13.1 Å². The first-order valence-corrected chi connectivity index (χ1v) is 7.04. The van der Waals surface area contributed by atoms with Gasteiger partial charge in [0.05, 0.1) is 6.54 Å². The summed E-state index contributed by atoms with van der Waals surface area (Å²) in [4.78, 5) is 6.08. The fourth-order valence-corrected chi connectivity index (χ4v) is 1.99. The molecular formula is C14H19N5O. The van der Waals surface area contributed by atoms with Gasteiger partial charge in [0.2, 0.25) is 5.89 Å². The molecular weight excluding hydrogens is 254 g/mol. The molecule has 106 valence electrons. The van der Waals surface area contributed by atoms with E-state index in [0.29, 0.717) is 24.5 Å². The topological polar surface area (TPSA) is 67.1 Å². The summed E-state index contributed by atoms with van der Waals surface area (Å²) in [6.07, 6.45) is 6.10. The minimum atomic E-state index is 0.580. The average Bonchev–Trinajstić information content (AvgIpc) is 3.21. The number of hydrogen-bond donors (Lipinski definition) is 1. The lowest BCUT2D eigenvalue weighted by Gasteiger charge is -2.17. The quantitative estimate of drug-likeness (QED) is 0.829. The van der Waals surface area contributed by atoms with E-state index in [4.69, 9.17) is 4.42 Å². The van der Waals surface area contributed by atoms with Crippen molar-refractivity contribution in [1.82, 2.24) is 20.5 Å². The molecule has 3 rings (SSSR count). The van der Waals surface area contributed by atoms with Crippen LogP contribution < -0.4 is 10.2 Å². The van der Waals surface area contributed by atoms with E-state index in [9.17, 15) is 0 Å². The lowest BCUT2D eigenvalue weighted by molar-refractivity contribution is 0.460. The highest BCUT2D eigenvalue weighted by atomic mass is 16.4. The maximum atomic E-state index is 5.71. The molecule has 20 heavy (non-hydrogen) atoms. The zero-order valence-electron chi connectivity index (χ0n) is 11.6. The number of nitrogens with zero attached hydrogens (tertiary/aromatic N) is 4. The second kappa shape index (κ2) is 6.00. The molecule has 0 saturated heterocycles. The van der Waals surface area contributed by atoms with Gasteiger partial charge in [0, 0.05) is 31.5 Å². The third-order valence-electron chi connectivity index (χ3n) is 3.35. The molecule has 0 amide bonds. The van der Waals surface area contributed by atoms with E-state index in [2.05, 4.69) is 32.3 Å². The average molecular weight is 273 g/mol. The Morgan fingerprint density at radius 3 is 2.80 bits per heavy atom. The molecule has 1 fully saturated rings. The second-order valence-electron chi connectivity index (χ2n) is 5.00. The van der Waals surface area contributed by atoms with Crippen LogP contribution in [0.5, 0.6) is 0 Å². The van der Waals surface area contributed by atoms with Gasteiger partial charge in [-0.15, -0.1) is 5.10 Å². The Morgan fingerprint density at radius 1 is 1.30 bits per heavy atom. The van der Waals surface area contributed by atoms with Gasteiger partial charge >= 0.3 is 6.01 Å². The SMILES string of the molecule is CCN(Cc1ccncc1)c1nnc(CNC2CC2)o1. The van der Waals surface area contributed by atoms with Crippen molar-refractivity contribution in [2.24, 2.45) is 0 Å². The van der Waals surface area contributed by atoms with E-state index >= 15 is 0 Å². The van der Waals surface area contributed by atoms with E-state index in [1.807, 2.05) is 12.1 Å². The third-order valence-corrected chi connectivity index (χ3v) is 3.35. The molecule has 2 heterocycles. The third kappa shape index (κ3) is 3.33. The van der Waals surface area contributed by atoms with Crippen molar-refractivity contribution in [3.63, 3.8) is 0 Å². The summed E-state index contributed by atoms with van der Waals surface area (Å²) in [5.74, 6) is 0.653. The number of hydrogen-bond acceptors (Lipinski definition) is 6. The van der Waals surface area contributed by atoms with Crippen molar-refractivity contribution in [2.75, 3.05) is 11.4 Å². The van der Waals surface area contributed by atoms with Gasteiger partial charge in [0.25, 0.3) is 0 Å².